The van der Waals surface area contributed by atoms with E-state index in [1.807, 2.05) is 13.8 Å². The molecule has 5 heteroatoms. The highest BCUT2D eigenvalue weighted by molar-refractivity contribution is 9.10. The first-order chi connectivity index (χ1) is 8.95. The first kappa shape index (κ1) is 15.7. The van der Waals surface area contributed by atoms with E-state index in [1.165, 1.54) is 0 Å². The Balaban J connectivity index is 2.76. The lowest BCUT2D eigenvalue weighted by Gasteiger charge is -2.20. The predicted molar refractivity (Wildman–Crippen MR) is 76.9 cm³/mol. The maximum Gasteiger partial charge on any atom is 0.328 e. The summed E-state index contributed by atoms with van der Waals surface area (Å²) in [5, 5.41) is 2.71. The second-order valence-electron chi connectivity index (χ2n) is 4.45. The van der Waals surface area contributed by atoms with Crippen LogP contribution in [-0.4, -0.2) is 24.5 Å². The molecule has 0 heterocycles. The van der Waals surface area contributed by atoms with Gasteiger partial charge in [0.2, 0.25) is 0 Å². The first-order valence-corrected chi connectivity index (χ1v) is 6.98. The molecule has 1 atom stereocenters. The molecular formula is C14H18BrNO3. The van der Waals surface area contributed by atoms with Crippen LogP contribution >= 0.6 is 15.9 Å². The van der Waals surface area contributed by atoms with Gasteiger partial charge in [0.25, 0.3) is 5.91 Å². The monoisotopic (exact) mass is 327 g/mol. The number of nitrogens with one attached hydrogen (secondary N) is 1. The number of amides is 1. The quantitative estimate of drug-likeness (QED) is 0.846. The van der Waals surface area contributed by atoms with E-state index >= 15 is 0 Å². The highest BCUT2D eigenvalue weighted by Gasteiger charge is 2.25. The summed E-state index contributed by atoms with van der Waals surface area (Å²) in [6.45, 7) is 5.77. The number of rotatable bonds is 5. The lowest BCUT2D eigenvalue weighted by molar-refractivity contribution is -0.146. The zero-order valence-corrected chi connectivity index (χ0v) is 12.9. The third kappa shape index (κ3) is 4.67. The van der Waals surface area contributed by atoms with E-state index in [9.17, 15) is 9.59 Å². The van der Waals surface area contributed by atoms with E-state index < -0.39 is 12.0 Å². The molecule has 104 valence electrons. The minimum Gasteiger partial charge on any atom is -0.464 e. The number of benzene rings is 1. The smallest absolute Gasteiger partial charge is 0.328 e. The number of hydrogen-bond donors (Lipinski definition) is 1. The van der Waals surface area contributed by atoms with Gasteiger partial charge in [0.05, 0.1) is 6.61 Å². The normalized spacial score (nSPS) is 12.1. The summed E-state index contributed by atoms with van der Waals surface area (Å²) in [4.78, 5) is 23.8. The highest BCUT2D eigenvalue weighted by Crippen LogP contribution is 2.11. The van der Waals surface area contributed by atoms with Crippen LogP contribution in [0.1, 0.15) is 31.1 Å². The molecule has 4 nitrogen and oxygen atoms in total. The molecule has 19 heavy (non-hydrogen) atoms. The fourth-order valence-electron chi connectivity index (χ4n) is 1.56. The van der Waals surface area contributed by atoms with Gasteiger partial charge in [0.15, 0.2) is 0 Å². The van der Waals surface area contributed by atoms with Crippen LogP contribution in [0.15, 0.2) is 28.7 Å². The van der Waals surface area contributed by atoms with Crippen molar-refractivity contribution in [2.24, 2.45) is 5.92 Å². The molecular weight excluding hydrogens is 310 g/mol. The van der Waals surface area contributed by atoms with Gasteiger partial charge in [-0.2, -0.15) is 0 Å². The largest absolute Gasteiger partial charge is 0.464 e. The summed E-state index contributed by atoms with van der Waals surface area (Å²) >= 11 is 3.31. The minimum atomic E-state index is -0.629. The van der Waals surface area contributed by atoms with Crippen LogP contribution in [0.3, 0.4) is 0 Å². The van der Waals surface area contributed by atoms with E-state index in [4.69, 9.17) is 4.74 Å². The molecule has 0 radical (unpaired) electrons. The van der Waals surface area contributed by atoms with Gasteiger partial charge < -0.3 is 10.1 Å². The third-order valence-corrected chi connectivity index (χ3v) is 3.13. The lowest BCUT2D eigenvalue weighted by Crippen LogP contribution is -2.45. The van der Waals surface area contributed by atoms with Crippen LogP contribution < -0.4 is 5.32 Å². The highest BCUT2D eigenvalue weighted by atomic mass is 79.9. The fourth-order valence-corrected chi connectivity index (χ4v) is 1.82. The van der Waals surface area contributed by atoms with E-state index in [1.54, 1.807) is 31.2 Å². The van der Waals surface area contributed by atoms with Crippen LogP contribution in [-0.2, 0) is 9.53 Å². The average molecular weight is 328 g/mol. The number of esters is 1. The van der Waals surface area contributed by atoms with Crippen molar-refractivity contribution < 1.29 is 14.3 Å². The Labute approximate surface area is 121 Å². The van der Waals surface area contributed by atoms with Crippen molar-refractivity contribution in [3.05, 3.63) is 34.3 Å². The summed E-state index contributed by atoms with van der Waals surface area (Å²) < 4.78 is 5.86. The Morgan fingerprint density at radius 2 is 1.84 bits per heavy atom. The molecule has 0 saturated heterocycles. The molecule has 1 aromatic carbocycles. The van der Waals surface area contributed by atoms with Gasteiger partial charge in [-0.1, -0.05) is 29.8 Å². The molecule has 0 unspecified atom stereocenters. The van der Waals surface area contributed by atoms with Crippen molar-refractivity contribution in [1.82, 2.24) is 5.32 Å². The Bertz CT molecular complexity index is 443. The van der Waals surface area contributed by atoms with Crippen LogP contribution in [0.2, 0.25) is 0 Å². The topological polar surface area (TPSA) is 55.4 Å². The molecule has 1 rings (SSSR count). The summed E-state index contributed by atoms with van der Waals surface area (Å²) in [7, 11) is 0. The summed E-state index contributed by atoms with van der Waals surface area (Å²) in [6.07, 6.45) is 0. The number of carbonyl (C=O) groups is 2. The standard InChI is InChI=1S/C14H18BrNO3/c1-4-19-14(18)12(9(2)3)16-13(17)10-5-7-11(15)8-6-10/h5-9,12H,4H2,1-3H3,(H,16,17)/t12-/m0/s1. The summed E-state index contributed by atoms with van der Waals surface area (Å²) in [5.74, 6) is -0.708. The Kier molecular flexibility index (Phi) is 6.02. The zero-order chi connectivity index (χ0) is 14.4. The fraction of sp³-hybridized carbons (Fsp3) is 0.429. The van der Waals surface area contributed by atoms with Gasteiger partial charge in [-0.05, 0) is 37.1 Å². The molecule has 0 bridgehead atoms. The number of carbonyl (C=O) groups excluding carboxylic acids is 2. The molecule has 0 aliphatic rings. The van der Waals surface area contributed by atoms with Gasteiger partial charge >= 0.3 is 5.97 Å². The van der Waals surface area contributed by atoms with Crippen LogP contribution in [0.4, 0.5) is 0 Å². The molecule has 0 spiro atoms. The third-order valence-electron chi connectivity index (χ3n) is 2.60. The molecule has 1 N–H and O–H groups in total. The number of hydrogen-bond acceptors (Lipinski definition) is 3. The minimum absolute atomic E-state index is 0.0292. The van der Waals surface area contributed by atoms with Crippen LogP contribution in [0.25, 0.3) is 0 Å². The van der Waals surface area contributed by atoms with Gasteiger partial charge in [-0.25, -0.2) is 4.79 Å². The number of ether oxygens (including phenoxy) is 1. The molecule has 0 aliphatic heterocycles. The summed E-state index contributed by atoms with van der Waals surface area (Å²) in [5.41, 5.74) is 0.512. The van der Waals surface area contributed by atoms with Crippen molar-refractivity contribution in [3.63, 3.8) is 0 Å². The van der Waals surface area contributed by atoms with Gasteiger partial charge in [0, 0.05) is 10.0 Å². The van der Waals surface area contributed by atoms with Crippen molar-refractivity contribution in [2.45, 2.75) is 26.8 Å². The Morgan fingerprint density at radius 1 is 1.26 bits per heavy atom. The first-order valence-electron chi connectivity index (χ1n) is 6.18. The van der Waals surface area contributed by atoms with Crippen molar-refractivity contribution in [1.29, 1.82) is 0 Å². The lowest BCUT2D eigenvalue weighted by atomic mass is 10.0. The molecule has 0 aliphatic carbocycles. The van der Waals surface area contributed by atoms with Crippen molar-refractivity contribution in [2.75, 3.05) is 6.61 Å². The van der Waals surface area contributed by atoms with Gasteiger partial charge in [-0.3, -0.25) is 4.79 Å². The van der Waals surface area contributed by atoms with E-state index in [0.717, 1.165) is 4.47 Å². The molecule has 1 amide bonds. The van der Waals surface area contributed by atoms with Gasteiger partial charge in [-0.15, -0.1) is 0 Å². The SMILES string of the molecule is CCOC(=O)[C@@H](NC(=O)c1ccc(Br)cc1)C(C)C. The van der Waals surface area contributed by atoms with Crippen LogP contribution in [0.5, 0.6) is 0 Å². The summed E-state index contributed by atoms with van der Waals surface area (Å²) in [6, 6.07) is 6.33. The maximum absolute atomic E-state index is 12.0. The van der Waals surface area contributed by atoms with Crippen molar-refractivity contribution in [3.8, 4) is 0 Å². The van der Waals surface area contributed by atoms with E-state index in [2.05, 4.69) is 21.2 Å². The number of halogens is 1. The molecule has 1 aromatic rings. The van der Waals surface area contributed by atoms with E-state index in [-0.39, 0.29) is 11.8 Å². The predicted octanol–water partition coefficient (Wildman–Crippen LogP) is 2.77. The maximum atomic E-state index is 12.0. The van der Waals surface area contributed by atoms with Gasteiger partial charge in [0.1, 0.15) is 6.04 Å². The van der Waals surface area contributed by atoms with E-state index in [0.29, 0.717) is 12.2 Å². The second kappa shape index (κ2) is 7.28. The van der Waals surface area contributed by atoms with Crippen LogP contribution in [0, 0.1) is 5.92 Å². The average Bonchev–Trinajstić information content (AvgIpc) is 2.36. The molecule has 0 aromatic heterocycles. The molecule has 0 fully saturated rings. The Morgan fingerprint density at radius 3 is 2.32 bits per heavy atom. The Hall–Kier alpha value is -1.36. The second-order valence-corrected chi connectivity index (χ2v) is 5.37. The zero-order valence-electron chi connectivity index (χ0n) is 11.3. The molecule has 0 saturated carbocycles. The van der Waals surface area contributed by atoms with Crippen molar-refractivity contribution >= 4 is 27.8 Å².